The average Bonchev–Trinajstić information content (AvgIpc) is 2.53. The van der Waals surface area contributed by atoms with Crippen LogP contribution < -0.4 is 15.8 Å². The molecule has 2 aromatic carbocycles. The summed E-state index contributed by atoms with van der Waals surface area (Å²) in [5, 5.41) is 3.44. The van der Waals surface area contributed by atoms with E-state index >= 15 is 0 Å². The van der Waals surface area contributed by atoms with Crippen molar-refractivity contribution < 1.29 is 9.53 Å². The summed E-state index contributed by atoms with van der Waals surface area (Å²) in [4.78, 5) is 12.4. The van der Waals surface area contributed by atoms with Crippen molar-refractivity contribution in [2.24, 2.45) is 5.73 Å². The van der Waals surface area contributed by atoms with Gasteiger partial charge in [0.1, 0.15) is 17.4 Å². The van der Waals surface area contributed by atoms with Crippen molar-refractivity contribution in [3.63, 3.8) is 0 Å². The third-order valence-corrected chi connectivity index (χ3v) is 3.76. The maximum absolute atomic E-state index is 12.4. The highest BCUT2D eigenvalue weighted by Crippen LogP contribution is 2.19. The number of halogens is 1. The van der Waals surface area contributed by atoms with Crippen molar-refractivity contribution in [1.29, 1.82) is 0 Å². The van der Waals surface area contributed by atoms with E-state index in [9.17, 15) is 4.79 Å². The number of ether oxygens (including phenoxy) is 1. The van der Waals surface area contributed by atoms with E-state index in [2.05, 4.69) is 5.32 Å². The van der Waals surface area contributed by atoms with Crippen LogP contribution in [0.2, 0.25) is 5.02 Å². The molecule has 2 aromatic rings. The van der Waals surface area contributed by atoms with Gasteiger partial charge in [-0.3, -0.25) is 4.79 Å². The number of nitrogens with one attached hydrogen (secondary N) is 1. The lowest BCUT2D eigenvalue weighted by Crippen LogP contribution is -2.50. The molecule has 122 valence electrons. The van der Waals surface area contributed by atoms with Crippen LogP contribution in [0, 0.1) is 0 Å². The van der Waals surface area contributed by atoms with Crippen LogP contribution in [0.1, 0.15) is 19.4 Å². The van der Waals surface area contributed by atoms with E-state index in [1.165, 1.54) is 0 Å². The van der Waals surface area contributed by atoms with Gasteiger partial charge in [-0.15, -0.1) is 0 Å². The van der Waals surface area contributed by atoms with Crippen LogP contribution in [-0.2, 0) is 10.3 Å². The molecule has 2 atom stereocenters. The second-order valence-corrected chi connectivity index (χ2v) is 6.10. The van der Waals surface area contributed by atoms with E-state index in [1.54, 1.807) is 19.1 Å². The zero-order chi connectivity index (χ0) is 16.9. The Balaban J connectivity index is 1.91. The maximum Gasteiger partial charge on any atom is 0.244 e. The summed E-state index contributed by atoms with van der Waals surface area (Å²) in [6.45, 7) is 3.92. The van der Waals surface area contributed by atoms with Gasteiger partial charge in [-0.1, -0.05) is 48.0 Å². The van der Waals surface area contributed by atoms with Crippen molar-refractivity contribution in [1.82, 2.24) is 5.32 Å². The molecule has 2 rings (SSSR count). The molecule has 5 heteroatoms. The second kappa shape index (κ2) is 7.49. The lowest BCUT2D eigenvalue weighted by Gasteiger charge is -2.25. The SMILES string of the molecule is CC(CNC(=O)C(C)(N)c1ccccc1)Oc1cccc(Cl)c1. The molecule has 0 aromatic heterocycles. The molecule has 2 unspecified atom stereocenters. The lowest BCUT2D eigenvalue weighted by molar-refractivity contribution is -0.126. The zero-order valence-corrected chi connectivity index (χ0v) is 14.0. The average molecular weight is 333 g/mol. The fourth-order valence-corrected chi connectivity index (χ4v) is 2.33. The van der Waals surface area contributed by atoms with Crippen LogP contribution >= 0.6 is 11.6 Å². The minimum absolute atomic E-state index is 0.205. The largest absolute Gasteiger partial charge is 0.489 e. The number of benzene rings is 2. The number of rotatable bonds is 6. The van der Waals surface area contributed by atoms with Gasteiger partial charge in [-0.05, 0) is 37.6 Å². The highest BCUT2D eigenvalue weighted by Gasteiger charge is 2.30. The molecule has 0 aliphatic rings. The Hall–Kier alpha value is -2.04. The third kappa shape index (κ3) is 4.71. The molecular weight excluding hydrogens is 312 g/mol. The lowest BCUT2D eigenvalue weighted by atomic mass is 9.92. The Kier molecular flexibility index (Phi) is 5.64. The number of hydrogen-bond acceptors (Lipinski definition) is 3. The molecular formula is C18H21ClN2O2. The highest BCUT2D eigenvalue weighted by atomic mass is 35.5. The Bertz CT molecular complexity index is 659. The van der Waals surface area contributed by atoms with Gasteiger partial charge in [0.25, 0.3) is 0 Å². The standard InChI is InChI=1S/C18H21ClN2O2/c1-13(23-16-10-6-9-15(19)11-16)12-21-17(22)18(2,20)14-7-4-3-5-8-14/h3-11,13H,12,20H2,1-2H3,(H,21,22). The second-order valence-electron chi connectivity index (χ2n) is 5.66. The summed E-state index contributed by atoms with van der Waals surface area (Å²) >= 11 is 5.92. The number of nitrogens with two attached hydrogens (primary N) is 1. The normalized spacial score (nSPS) is 14.6. The highest BCUT2D eigenvalue weighted by molar-refractivity contribution is 6.30. The summed E-state index contributed by atoms with van der Waals surface area (Å²) < 4.78 is 5.72. The van der Waals surface area contributed by atoms with Gasteiger partial charge in [-0.25, -0.2) is 0 Å². The van der Waals surface area contributed by atoms with Crippen LogP contribution in [0.4, 0.5) is 0 Å². The van der Waals surface area contributed by atoms with E-state index in [4.69, 9.17) is 22.1 Å². The minimum atomic E-state index is -1.09. The summed E-state index contributed by atoms with van der Waals surface area (Å²) in [6.07, 6.45) is -0.205. The molecule has 0 fully saturated rings. The Labute approximate surface area is 141 Å². The van der Waals surface area contributed by atoms with Gasteiger partial charge in [0.05, 0.1) is 6.54 Å². The molecule has 0 radical (unpaired) electrons. The smallest absolute Gasteiger partial charge is 0.244 e. The van der Waals surface area contributed by atoms with Gasteiger partial charge in [0, 0.05) is 5.02 Å². The zero-order valence-electron chi connectivity index (χ0n) is 13.3. The quantitative estimate of drug-likeness (QED) is 0.854. The minimum Gasteiger partial charge on any atom is -0.489 e. The van der Waals surface area contributed by atoms with E-state index in [0.717, 1.165) is 5.56 Å². The molecule has 0 aliphatic carbocycles. The van der Waals surface area contributed by atoms with E-state index in [0.29, 0.717) is 17.3 Å². The number of carbonyl (C=O) groups excluding carboxylic acids is 1. The van der Waals surface area contributed by atoms with Crippen molar-refractivity contribution >= 4 is 17.5 Å². The first-order chi connectivity index (χ1) is 10.9. The summed E-state index contributed by atoms with van der Waals surface area (Å²) in [5.41, 5.74) is 5.85. The van der Waals surface area contributed by atoms with Crippen LogP contribution in [0.25, 0.3) is 0 Å². The monoisotopic (exact) mass is 332 g/mol. The van der Waals surface area contributed by atoms with Crippen molar-refractivity contribution in [2.45, 2.75) is 25.5 Å². The first-order valence-corrected chi connectivity index (χ1v) is 7.82. The van der Waals surface area contributed by atoms with Crippen molar-refractivity contribution in [3.05, 3.63) is 65.2 Å². The Morgan fingerprint density at radius 1 is 1.26 bits per heavy atom. The van der Waals surface area contributed by atoms with Gasteiger partial charge in [0.2, 0.25) is 5.91 Å². The first-order valence-electron chi connectivity index (χ1n) is 7.44. The first kappa shape index (κ1) is 17.3. The van der Waals surface area contributed by atoms with Gasteiger partial charge in [-0.2, -0.15) is 0 Å². The maximum atomic E-state index is 12.4. The van der Waals surface area contributed by atoms with E-state index < -0.39 is 5.54 Å². The Morgan fingerprint density at radius 2 is 1.96 bits per heavy atom. The van der Waals surface area contributed by atoms with Crippen molar-refractivity contribution in [3.8, 4) is 5.75 Å². The number of hydrogen-bond donors (Lipinski definition) is 2. The fourth-order valence-electron chi connectivity index (χ4n) is 2.15. The molecule has 1 amide bonds. The Morgan fingerprint density at radius 3 is 2.61 bits per heavy atom. The molecule has 0 spiro atoms. The predicted octanol–water partition coefficient (Wildman–Crippen LogP) is 3.10. The molecule has 23 heavy (non-hydrogen) atoms. The molecule has 0 saturated carbocycles. The summed E-state index contributed by atoms with van der Waals surface area (Å²) in [7, 11) is 0. The van der Waals surface area contributed by atoms with E-state index in [-0.39, 0.29) is 12.0 Å². The van der Waals surface area contributed by atoms with Crippen LogP contribution in [0.5, 0.6) is 5.75 Å². The predicted molar refractivity (Wildman–Crippen MR) is 92.5 cm³/mol. The molecule has 3 N–H and O–H groups in total. The van der Waals surface area contributed by atoms with Crippen LogP contribution in [0.3, 0.4) is 0 Å². The van der Waals surface area contributed by atoms with Crippen molar-refractivity contribution in [2.75, 3.05) is 6.54 Å². The fraction of sp³-hybridized carbons (Fsp3) is 0.278. The molecule has 0 saturated heterocycles. The molecule has 0 bridgehead atoms. The molecule has 4 nitrogen and oxygen atoms in total. The van der Waals surface area contributed by atoms with Crippen LogP contribution in [-0.4, -0.2) is 18.6 Å². The number of carbonyl (C=O) groups is 1. The van der Waals surface area contributed by atoms with Gasteiger partial charge < -0.3 is 15.8 Å². The van der Waals surface area contributed by atoms with Gasteiger partial charge >= 0.3 is 0 Å². The molecule has 0 heterocycles. The summed E-state index contributed by atoms with van der Waals surface area (Å²) in [6, 6.07) is 16.4. The van der Waals surface area contributed by atoms with E-state index in [1.807, 2.05) is 49.4 Å². The molecule has 0 aliphatic heterocycles. The third-order valence-electron chi connectivity index (χ3n) is 3.53. The number of amides is 1. The topological polar surface area (TPSA) is 64.4 Å². The summed E-state index contributed by atoms with van der Waals surface area (Å²) in [5.74, 6) is 0.420. The van der Waals surface area contributed by atoms with Crippen LogP contribution in [0.15, 0.2) is 54.6 Å². The van der Waals surface area contributed by atoms with Gasteiger partial charge in [0.15, 0.2) is 0 Å².